The van der Waals surface area contributed by atoms with Crippen molar-refractivity contribution in [1.29, 1.82) is 0 Å². The van der Waals surface area contributed by atoms with Crippen molar-refractivity contribution in [3.63, 3.8) is 0 Å². The maximum atomic E-state index is 12.4. The Balaban J connectivity index is 2.00. The third-order valence-electron chi connectivity index (χ3n) is 4.99. The molecule has 2 aliphatic heterocycles. The number of hydrogen-bond acceptors (Lipinski definition) is 6. The van der Waals surface area contributed by atoms with E-state index in [-0.39, 0.29) is 18.6 Å². The molecule has 2 N–H and O–H groups in total. The van der Waals surface area contributed by atoms with E-state index in [9.17, 15) is 15.0 Å². The molecule has 0 bridgehead atoms. The van der Waals surface area contributed by atoms with Gasteiger partial charge in [0.15, 0.2) is 5.60 Å². The first-order valence-electron chi connectivity index (χ1n) is 7.85. The summed E-state index contributed by atoms with van der Waals surface area (Å²) in [6.07, 6.45) is 1.67. The number of esters is 1. The minimum absolute atomic E-state index is 0.0557. The topological polar surface area (TPSA) is 79.2 Å². The number of aliphatic hydroxyl groups is 2. The molecule has 6 nitrogen and oxygen atoms in total. The van der Waals surface area contributed by atoms with Crippen molar-refractivity contribution in [3.8, 4) is 0 Å². The minimum Gasteiger partial charge on any atom is -0.459 e. The van der Waals surface area contributed by atoms with Crippen LogP contribution in [-0.2, 0) is 14.3 Å². The highest BCUT2D eigenvalue weighted by Crippen LogP contribution is 2.30. The van der Waals surface area contributed by atoms with E-state index in [1.807, 2.05) is 6.08 Å². The first-order valence-corrected chi connectivity index (χ1v) is 7.85. The molecule has 0 saturated carbocycles. The molecule has 0 radical (unpaired) electrons. The second-order valence-electron chi connectivity index (χ2n) is 6.51. The van der Waals surface area contributed by atoms with Crippen LogP contribution in [0.25, 0.3) is 0 Å². The summed E-state index contributed by atoms with van der Waals surface area (Å²) < 4.78 is 10.5. The number of ether oxygens (including phenoxy) is 2. The van der Waals surface area contributed by atoms with Gasteiger partial charge in [-0.3, -0.25) is 4.90 Å². The molecule has 0 amide bonds. The summed E-state index contributed by atoms with van der Waals surface area (Å²) in [7, 11) is 1.46. The van der Waals surface area contributed by atoms with Crippen LogP contribution in [-0.4, -0.2) is 71.7 Å². The Hall–Kier alpha value is -0.950. The van der Waals surface area contributed by atoms with E-state index in [2.05, 4.69) is 4.90 Å². The summed E-state index contributed by atoms with van der Waals surface area (Å²) in [6.45, 7) is 6.90. The molecule has 0 spiro atoms. The quantitative estimate of drug-likeness (QED) is 0.543. The predicted molar refractivity (Wildman–Crippen MR) is 81.3 cm³/mol. The normalized spacial score (nSPS) is 29.1. The number of methoxy groups -OCH3 is 1. The van der Waals surface area contributed by atoms with Crippen LogP contribution >= 0.6 is 0 Å². The van der Waals surface area contributed by atoms with Crippen molar-refractivity contribution < 1.29 is 24.5 Å². The molecule has 0 aromatic rings. The van der Waals surface area contributed by atoms with Crippen LogP contribution in [0, 0.1) is 5.92 Å². The molecule has 2 aliphatic rings. The highest BCUT2D eigenvalue weighted by Gasteiger charge is 2.47. The van der Waals surface area contributed by atoms with Gasteiger partial charge in [-0.1, -0.05) is 19.9 Å². The highest BCUT2D eigenvalue weighted by atomic mass is 16.6. The van der Waals surface area contributed by atoms with E-state index in [0.29, 0.717) is 0 Å². The first-order chi connectivity index (χ1) is 10.3. The molecule has 22 heavy (non-hydrogen) atoms. The summed E-state index contributed by atoms with van der Waals surface area (Å²) in [5.41, 5.74) is -0.767. The van der Waals surface area contributed by atoms with Gasteiger partial charge in [0, 0.05) is 20.2 Å². The molecule has 4 atom stereocenters. The summed E-state index contributed by atoms with van der Waals surface area (Å²) in [6, 6.07) is -0.0557. The molecule has 1 saturated heterocycles. The first kappa shape index (κ1) is 17.4. The van der Waals surface area contributed by atoms with E-state index in [1.165, 1.54) is 7.11 Å². The highest BCUT2D eigenvalue weighted by molar-refractivity contribution is 5.80. The van der Waals surface area contributed by atoms with Crippen molar-refractivity contribution >= 4 is 5.97 Å². The second kappa shape index (κ2) is 6.66. The number of rotatable bonds is 6. The fourth-order valence-corrected chi connectivity index (χ4v) is 3.34. The molecule has 6 heteroatoms. The van der Waals surface area contributed by atoms with Crippen LogP contribution in [0.1, 0.15) is 27.2 Å². The molecule has 126 valence electrons. The molecule has 1 fully saturated rings. The maximum absolute atomic E-state index is 12.4. The number of hydrogen-bond donors (Lipinski definition) is 2. The lowest BCUT2D eigenvalue weighted by atomic mass is 9.85. The Morgan fingerprint density at radius 1 is 1.50 bits per heavy atom. The average molecular weight is 313 g/mol. The van der Waals surface area contributed by atoms with Crippen LogP contribution < -0.4 is 0 Å². The van der Waals surface area contributed by atoms with Gasteiger partial charge >= 0.3 is 5.97 Å². The van der Waals surface area contributed by atoms with Gasteiger partial charge in [0.2, 0.25) is 0 Å². The van der Waals surface area contributed by atoms with Crippen LogP contribution in [0.3, 0.4) is 0 Å². The van der Waals surface area contributed by atoms with Crippen LogP contribution in [0.15, 0.2) is 11.6 Å². The molecular formula is C16H27NO5. The zero-order chi connectivity index (χ0) is 16.5. The average Bonchev–Trinajstić information content (AvgIpc) is 3.06. The summed E-state index contributed by atoms with van der Waals surface area (Å²) >= 11 is 0. The van der Waals surface area contributed by atoms with Gasteiger partial charge in [0.25, 0.3) is 0 Å². The Bertz CT molecular complexity index is 450. The summed E-state index contributed by atoms with van der Waals surface area (Å²) in [5, 5.41) is 20.7. The van der Waals surface area contributed by atoms with Crippen molar-refractivity contribution in [2.24, 2.45) is 5.92 Å². The maximum Gasteiger partial charge on any atom is 0.341 e. The zero-order valence-corrected chi connectivity index (χ0v) is 13.8. The zero-order valence-electron chi connectivity index (χ0n) is 13.8. The van der Waals surface area contributed by atoms with Gasteiger partial charge < -0.3 is 19.7 Å². The third kappa shape index (κ3) is 2.93. The molecule has 0 aliphatic carbocycles. The standard InChI is InChI=1S/C16H27NO5/c1-10(2)16(20,11(3)21-4)15(19)22-9-12-5-7-17-8-6-13(18)14(12)17/h5,10-11,13-14,18,20H,6-9H2,1-4H3/t11-,13+,14+,16-/m0/s1. The van der Waals surface area contributed by atoms with Crippen LogP contribution in [0.5, 0.6) is 0 Å². The SMILES string of the molecule is CO[C@@H](C)[C@](O)(C(=O)OCC1=CCN2CC[C@@H](O)[C@@H]12)C(C)C. The van der Waals surface area contributed by atoms with Crippen molar-refractivity contribution in [3.05, 3.63) is 11.6 Å². The van der Waals surface area contributed by atoms with E-state index < -0.39 is 23.8 Å². The van der Waals surface area contributed by atoms with Crippen molar-refractivity contribution in [2.75, 3.05) is 26.8 Å². The van der Waals surface area contributed by atoms with E-state index in [1.54, 1.807) is 20.8 Å². The molecule has 0 aromatic carbocycles. The van der Waals surface area contributed by atoms with Crippen molar-refractivity contribution in [1.82, 2.24) is 4.90 Å². The Kier molecular flexibility index (Phi) is 5.27. The molecule has 2 rings (SSSR count). The van der Waals surface area contributed by atoms with Gasteiger partial charge in [0.05, 0.1) is 18.2 Å². The van der Waals surface area contributed by atoms with Gasteiger partial charge in [-0.15, -0.1) is 0 Å². The number of aliphatic hydroxyl groups excluding tert-OH is 1. The Morgan fingerprint density at radius 3 is 2.77 bits per heavy atom. The predicted octanol–water partition coefficient (Wildman–Crippen LogP) is 0.327. The molecule has 0 aromatic heterocycles. The van der Waals surface area contributed by atoms with Crippen LogP contribution in [0.2, 0.25) is 0 Å². The number of nitrogens with zero attached hydrogens (tertiary/aromatic N) is 1. The molecule has 0 unspecified atom stereocenters. The lowest BCUT2D eigenvalue weighted by Gasteiger charge is -2.34. The van der Waals surface area contributed by atoms with E-state index in [4.69, 9.17) is 9.47 Å². The van der Waals surface area contributed by atoms with Crippen LogP contribution in [0.4, 0.5) is 0 Å². The number of fused-ring (bicyclic) bond motifs is 1. The summed E-state index contributed by atoms with van der Waals surface area (Å²) in [5.74, 6) is -1.01. The van der Waals surface area contributed by atoms with Gasteiger partial charge in [-0.2, -0.15) is 0 Å². The van der Waals surface area contributed by atoms with Crippen molar-refractivity contribution in [2.45, 2.75) is 51.0 Å². The number of carbonyl (C=O) groups excluding carboxylic acids is 1. The van der Waals surface area contributed by atoms with E-state index in [0.717, 1.165) is 25.1 Å². The summed E-state index contributed by atoms with van der Waals surface area (Å²) in [4.78, 5) is 14.5. The molecule has 2 heterocycles. The smallest absolute Gasteiger partial charge is 0.341 e. The Labute approximate surface area is 131 Å². The third-order valence-corrected chi connectivity index (χ3v) is 4.99. The fourth-order valence-electron chi connectivity index (χ4n) is 3.34. The molecular weight excluding hydrogens is 286 g/mol. The van der Waals surface area contributed by atoms with Gasteiger partial charge in [0.1, 0.15) is 6.61 Å². The monoisotopic (exact) mass is 313 g/mol. The van der Waals surface area contributed by atoms with E-state index >= 15 is 0 Å². The largest absolute Gasteiger partial charge is 0.459 e. The lowest BCUT2D eigenvalue weighted by Crippen LogP contribution is -2.54. The van der Waals surface area contributed by atoms with Gasteiger partial charge in [-0.25, -0.2) is 4.79 Å². The second-order valence-corrected chi connectivity index (χ2v) is 6.51. The Morgan fingerprint density at radius 2 is 2.18 bits per heavy atom. The lowest BCUT2D eigenvalue weighted by molar-refractivity contribution is -0.186. The minimum atomic E-state index is -1.68. The number of carbonyl (C=O) groups is 1. The fraction of sp³-hybridized carbons (Fsp3) is 0.812. The van der Waals surface area contributed by atoms with Gasteiger partial charge in [-0.05, 0) is 24.8 Å².